The normalized spacial score (nSPS) is 25.4. The Balaban J connectivity index is 2.17. The number of aromatic nitrogens is 1. The number of rotatable bonds is 4. The first-order chi connectivity index (χ1) is 7.61. The molecule has 16 heavy (non-hydrogen) atoms. The summed E-state index contributed by atoms with van der Waals surface area (Å²) < 4.78 is 0. The van der Waals surface area contributed by atoms with Crippen molar-refractivity contribution in [1.82, 2.24) is 9.88 Å². The largest absolute Gasteiger partial charge is 0.481 e. The predicted octanol–water partition coefficient (Wildman–Crippen LogP) is 1.41. The molecule has 2 rings (SSSR count). The summed E-state index contributed by atoms with van der Waals surface area (Å²) in [6.45, 7) is 0. The molecule has 0 radical (unpaired) electrons. The van der Waals surface area contributed by atoms with Gasteiger partial charge in [-0.3, -0.25) is 9.78 Å². The Bertz CT molecular complexity index is 378. The van der Waals surface area contributed by atoms with Crippen LogP contribution in [-0.4, -0.2) is 35.1 Å². The fourth-order valence-electron chi connectivity index (χ4n) is 2.33. The Hall–Kier alpha value is -1.42. The smallest absolute Gasteiger partial charge is 0.306 e. The lowest BCUT2D eigenvalue weighted by Crippen LogP contribution is -2.23. The quantitative estimate of drug-likeness (QED) is 0.833. The number of hydrogen-bond acceptors (Lipinski definition) is 3. The van der Waals surface area contributed by atoms with Crippen LogP contribution in [0.1, 0.15) is 18.0 Å². The maximum absolute atomic E-state index is 10.9. The third kappa shape index (κ3) is 2.07. The lowest BCUT2D eigenvalue weighted by atomic mass is 10.0. The van der Waals surface area contributed by atoms with Crippen molar-refractivity contribution in [1.29, 1.82) is 0 Å². The molecule has 4 nitrogen and oxygen atoms in total. The molecule has 0 saturated heterocycles. The molecule has 1 N–H and O–H groups in total. The molecule has 0 amide bonds. The Morgan fingerprint density at radius 2 is 2.38 bits per heavy atom. The highest BCUT2D eigenvalue weighted by molar-refractivity contribution is 5.73. The van der Waals surface area contributed by atoms with Crippen LogP contribution in [0.4, 0.5) is 0 Å². The summed E-state index contributed by atoms with van der Waals surface area (Å²) in [5.74, 6) is -0.648. The molecule has 0 spiro atoms. The molecular formula is C12H16N2O2. The predicted molar refractivity (Wildman–Crippen MR) is 59.9 cm³/mol. The highest BCUT2D eigenvalue weighted by atomic mass is 16.4. The maximum atomic E-state index is 10.9. The average Bonchev–Trinajstić information content (AvgIpc) is 2.99. The fourth-order valence-corrected chi connectivity index (χ4v) is 2.33. The van der Waals surface area contributed by atoms with E-state index < -0.39 is 5.97 Å². The van der Waals surface area contributed by atoms with E-state index in [1.54, 1.807) is 6.20 Å². The summed E-state index contributed by atoms with van der Waals surface area (Å²) in [6.07, 6.45) is 4.33. The molecule has 1 saturated carbocycles. The van der Waals surface area contributed by atoms with E-state index in [1.807, 2.05) is 32.4 Å². The second-order valence-electron chi connectivity index (χ2n) is 4.54. The summed E-state index contributed by atoms with van der Waals surface area (Å²) in [6, 6.07) is 4.06. The van der Waals surface area contributed by atoms with Gasteiger partial charge in [0.25, 0.3) is 0 Å². The van der Waals surface area contributed by atoms with Crippen LogP contribution in [0.25, 0.3) is 0 Å². The lowest BCUT2D eigenvalue weighted by Gasteiger charge is -2.24. The summed E-state index contributed by atoms with van der Waals surface area (Å²) in [5, 5.41) is 8.97. The molecule has 1 heterocycles. The molecule has 86 valence electrons. The van der Waals surface area contributed by atoms with Crippen LogP contribution >= 0.6 is 0 Å². The van der Waals surface area contributed by atoms with Gasteiger partial charge in [0.1, 0.15) is 0 Å². The minimum Gasteiger partial charge on any atom is -0.481 e. The second kappa shape index (κ2) is 4.22. The topological polar surface area (TPSA) is 53.4 Å². The highest BCUT2D eigenvalue weighted by Crippen LogP contribution is 2.49. The van der Waals surface area contributed by atoms with Crippen molar-refractivity contribution in [2.45, 2.75) is 12.5 Å². The minimum absolute atomic E-state index is 0.162. The Morgan fingerprint density at radius 3 is 2.81 bits per heavy atom. The summed E-state index contributed by atoms with van der Waals surface area (Å²) in [7, 11) is 3.96. The third-order valence-corrected chi connectivity index (χ3v) is 3.14. The van der Waals surface area contributed by atoms with E-state index in [1.165, 1.54) is 0 Å². The third-order valence-electron chi connectivity index (χ3n) is 3.14. The van der Waals surface area contributed by atoms with Crippen molar-refractivity contribution < 1.29 is 9.90 Å². The Labute approximate surface area is 94.9 Å². The number of aliphatic carboxylic acids is 1. The van der Waals surface area contributed by atoms with Gasteiger partial charge in [-0.15, -0.1) is 0 Å². The van der Waals surface area contributed by atoms with Crippen LogP contribution < -0.4 is 0 Å². The van der Waals surface area contributed by atoms with Crippen LogP contribution in [0, 0.1) is 11.8 Å². The number of carboxylic acids is 1. The SMILES string of the molecule is CN(C)C(c1cccnc1)C1CC1C(=O)O. The highest BCUT2D eigenvalue weighted by Gasteiger charge is 2.49. The van der Waals surface area contributed by atoms with Crippen LogP contribution in [0.5, 0.6) is 0 Å². The maximum Gasteiger partial charge on any atom is 0.306 e. The molecule has 4 heteroatoms. The van der Waals surface area contributed by atoms with Crippen LogP contribution in [0.2, 0.25) is 0 Å². The van der Waals surface area contributed by atoms with Gasteiger partial charge in [-0.2, -0.15) is 0 Å². The first-order valence-corrected chi connectivity index (χ1v) is 5.40. The standard InChI is InChI=1S/C12H16N2O2/c1-14(2)11(8-4-3-5-13-7-8)9-6-10(9)12(15)16/h3-5,7,9-11H,6H2,1-2H3,(H,15,16). The van der Waals surface area contributed by atoms with E-state index in [0.717, 1.165) is 12.0 Å². The first kappa shape index (κ1) is 11.1. The molecule has 1 aliphatic rings. The number of carbonyl (C=O) groups is 1. The zero-order valence-electron chi connectivity index (χ0n) is 9.50. The number of pyridine rings is 1. The van der Waals surface area contributed by atoms with Gasteiger partial charge in [-0.1, -0.05) is 6.07 Å². The molecule has 1 aromatic heterocycles. The van der Waals surface area contributed by atoms with E-state index in [2.05, 4.69) is 9.88 Å². The van der Waals surface area contributed by atoms with Crippen molar-refractivity contribution in [2.75, 3.05) is 14.1 Å². The molecule has 0 aliphatic heterocycles. The first-order valence-electron chi connectivity index (χ1n) is 5.40. The lowest BCUT2D eigenvalue weighted by molar-refractivity contribution is -0.139. The molecule has 0 bridgehead atoms. The van der Waals surface area contributed by atoms with Gasteiger partial charge in [0.15, 0.2) is 0 Å². The number of carboxylic acid groups (broad SMARTS) is 1. The molecule has 1 aliphatic carbocycles. The molecule has 3 unspecified atom stereocenters. The summed E-state index contributed by atoms with van der Waals surface area (Å²) in [4.78, 5) is 17.1. The van der Waals surface area contributed by atoms with Gasteiger partial charge in [0.05, 0.1) is 5.92 Å². The molecule has 3 atom stereocenters. The van der Waals surface area contributed by atoms with Crippen molar-refractivity contribution in [3.63, 3.8) is 0 Å². The summed E-state index contributed by atoms with van der Waals surface area (Å²) in [5.41, 5.74) is 1.10. The van der Waals surface area contributed by atoms with E-state index in [-0.39, 0.29) is 17.9 Å². The molecule has 1 aromatic rings. The van der Waals surface area contributed by atoms with E-state index >= 15 is 0 Å². The van der Waals surface area contributed by atoms with Crippen molar-refractivity contribution in [3.05, 3.63) is 30.1 Å². The van der Waals surface area contributed by atoms with Crippen LogP contribution in [0.3, 0.4) is 0 Å². The van der Waals surface area contributed by atoms with E-state index in [4.69, 9.17) is 5.11 Å². The Morgan fingerprint density at radius 1 is 1.62 bits per heavy atom. The fraction of sp³-hybridized carbons (Fsp3) is 0.500. The zero-order chi connectivity index (χ0) is 11.7. The van der Waals surface area contributed by atoms with Crippen molar-refractivity contribution in [2.24, 2.45) is 11.8 Å². The van der Waals surface area contributed by atoms with Gasteiger partial charge in [0, 0.05) is 18.4 Å². The zero-order valence-corrected chi connectivity index (χ0v) is 9.50. The van der Waals surface area contributed by atoms with Gasteiger partial charge >= 0.3 is 5.97 Å². The number of hydrogen-bond donors (Lipinski definition) is 1. The van der Waals surface area contributed by atoms with E-state index in [0.29, 0.717) is 0 Å². The molecule has 0 aromatic carbocycles. The van der Waals surface area contributed by atoms with Gasteiger partial charge < -0.3 is 10.0 Å². The second-order valence-corrected chi connectivity index (χ2v) is 4.54. The van der Waals surface area contributed by atoms with Crippen molar-refractivity contribution >= 4 is 5.97 Å². The molecular weight excluding hydrogens is 204 g/mol. The average molecular weight is 220 g/mol. The van der Waals surface area contributed by atoms with Crippen molar-refractivity contribution in [3.8, 4) is 0 Å². The van der Waals surface area contributed by atoms with E-state index in [9.17, 15) is 4.79 Å². The van der Waals surface area contributed by atoms with Crippen LogP contribution in [0.15, 0.2) is 24.5 Å². The van der Waals surface area contributed by atoms with Gasteiger partial charge in [-0.25, -0.2) is 0 Å². The Kier molecular flexibility index (Phi) is 2.92. The number of nitrogens with zero attached hydrogens (tertiary/aromatic N) is 2. The minimum atomic E-state index is -0.680. The van der Waals surface area contributed by atoms with Gasteiger partial charge in [0.2, 0.25) is 0 Å². The van der Waals surface area contributed by atoms with Crippen LogP contribution in [-0.2, 0) is 4.79 Å². The van der Waals surface area contributed by atoms with Gasteiger partial charge in [-0.05, 0) is 38.1 Å². The monoisotopic (exact) mass is 220 g/mol. The summed E-state index contributed by atoms with van der Waals surface area (Å²) >= 11 is 0. The molecule has 1 fully saturated rings.